The number of aryl methyl sites for hydroxylation is 2. The fraction of sp³-hybridized carbons (Fsp3) is 0.444. The van der Waals surface area contributed by atoms with Crippen LogP contribution >= 0.6 is 0 Å². The van der Waals surface area contributed by atoms with E-state index < -0.39 is 12.1 Å². The highest BCUT2D eigenvalue weighted by Gasteiger charge is 2.40. The number of amides is 2. The fourth-order valence-corrected chi connectivity index (χ4v) is 5.06. The maximum atomic E-state index is 14.0. The minimum Gasteiger partial charge on any atom is -0.485 e. The molecular formula is C27H32N4O5. The summed E-state index contributed by atoms with van der Waals surface area (Å²) in [6, 6.07) is 9.99. The lowest BCUT2D eigenvalue weighted by atomic mass is 9.94. The molecule has 2 aliphatic rings. The number of furan rings is 1. The minimum atomic E-state index is -0.906. The van der Waals surface area contributed by atoms with Crippen LogP contribution in [0.4, 0.5) is 0 Å². The molecule has 1 saturated carbocycles. The van der Waals surface area contributed by atoms with E-state index in [0.717, 1.165) is 25.7 Å². The molecule has 36 heavy (non-hydrogen) atoms. The van der Waals surface area contributed by atoms with E-state index in [1.807, 2.05) is 19.1 Å². The van der Waals surface area contributed by atoms with Gasteiger partial charge in [-0.25, -0.2) is 0 Å². The zero-order valence-corrected chi connectivity index (χ0v) is 20.7. The summed E-state index contributed by atoms with van der Waals surface area (Å²) in [6.45, 7) is 2.00. The summed E-state index contributed by atoms with van der Waals surface area (Å²) >= 11 is 0. The molecule has 1 N–H and O–H groups in total. The van der Waals surface area contributed by atoms with Crippen molar-refractivity contribution in [1.29, 1.82) is 0 Å². The van der Waals surface area contributed by atoms with E-state index in [0.29, 0.717) is 28.5 Å². The number of para-hydroxylation sites is 2. The molecule has 0 saturated heterocycles. The van der Waals surface area contributed by atoms with Gasteiger partial charge in [-0.15, -0.1) is 0 Å². The number of carbonyl (C=O) groups is 2. The van der Waals surface area contributed by atoms with E-state index in [9.17, 15) is 9.59 Å². The van der Waals surface area contributed by atoms with Crippen molar-refractivity contribution in [3.8, 4) is 11.5 Å². The first-order chi connectivity index (χ1) is 17.5. The van der Waals surface area contributed by atoms with Crippen LogP contribution in [0.25, 0.3) is 0 Å². The van der Waals surface area contributed by atoms with Crippen molar-refractivity contribution < 1.29 is 23.5 Å². The molecule has 0 spiro atoms. The molecule has 9 nitrogen and oxygen atoms in total. The Bertz CT molecular complexity index is 1200. The third kappa shape index (κ3) is 5.10. The van der Waals surface area contributed by atoms with Gasteiger partial charge in [0.15, 0.2) is 11.5 Å². The summed E-state index contributed by atoms with van der Waals surface area (Å²) < 4.78 is 19.1. The molecule has 1 aliphatic carbocycles. The largest absolute Gasteiger partial charge is 0.485 e. The smallest absolute Gasteiger partial charge is 0.268 e. The van der Waals surface area contributed by atoms with E-state index in [-0.39, 0.29) is 31.0 Å². The normalized spacial score (nSPS) is 18.4. The highest BCUT2D eigenvalue weighted by molar-refractivity contribution is 5.91. The Morgan fingerprint density at radius 3 is 2.61 bits per heavy atom. The molecular weight excluding hydrogens is 460 g/mol. The first-order valence-corrected chi connectivity index (χ1v) is 12.5. The minimum absolute atomic E-state index is 0.0491. The van der Waals surface area contributed by atoms with Gasteiger partial charge in [-0.1, -0.05) is 31.4 Å². The van der Waals surface area contributed by atoms with Crippen molar-refractivity contribution in [3.63, 3.8) is 0 Å². The summed E-state index contributed by atoms with van der Waals surface area (Å²) in [5.41, 5.74) is 1.35. The van der Waals surface area contributed by atoms with Crippen LogP contribution in [-0.4, -0.2) is 45.2 Å². The van der Waals surface area contributed by atoms with Crippen LogP contribution in [0, 0.1) is 6.92 Å². The Labute approximate surface area is 210 Å². The van der Waals surface area contributed by atoms with Crippen molar-refractivity contribution in [1.82, 2.24) is 20.0 Å². The predicted octanol–water partition coefficient (Wildman–Crippen LogP) is 3.68. The third-order valence-corrected chi connectivity index (χ3v) is 6.83. The van der Waals surface area contributed by atoms with Gasteiger partial charge in [-0.05, 0) is 44.0 Å². The number of hydrogen-bond acceptors (Lipinski definition) is 6. The van der Waals surface area contributed by atoms with Gasteiger partial charge in [0.1, 0.15) is 18.4 Å². The number of rotatable bonds is 7. The first-order valence-electron chi connectivity index (χ1n) is 12.5. The lowest BCUT2D eigenvalue weighted by molar-refractivity contribution is -0.149. The second-order valence-corrected chi connectivity index (χ2v) is 9.50. The SMILES string of the molecule is Cc1nn(C)cc1C(C(=O)NC1CCCCC1)N(Cc1ccco1)C(=O)C1COc2ccccc2O1. The molecule has 0 bridgehead atoms. The highest BCUT2D eigenvalue weighted by atomic mass is 16.6. The average Bonchev–Trinajstić information content (AvgIpc) is 3.52. The van der Waals surface area contributed by atoms with Crippen LogP contribution in [0.5, 0.6) is 11.5 Å². The molecule has 2 aromatic heterocycles. The molecule has 1 fully saturated rings. The van der Waals surface area contributed by atoms with Crippen molar-refractivity contribution in [3.05, 3.63) is 65.9 Å². The van der Waals surface area contributed by atoms with E-state index in [4.69, 9.17) is 13.9 Å². The van der Waals surface area contributed by atoms with E-state index in [2.05, 4.69) is 10.4 Å². The number of fused-ring (bicyclic) bond motifs is 1. The van der Waals surface area contributed by atoms with Crippen LogP contribution in [0.1, 0.15) is 55.2 Å². The molecule has 2 unspecified atom stereocenters. The van der Waals surface area contributed by atoms with Crippen molar-refractivity contribution in [2.45, 2.75) is 63.8 Å². The Kier molecular flexibility index (Phi) is 6.97. The lowest BCUT2D eigenvalue weighted by Gasteiger charge is -2.35. The second-order valence-electron chi connectivity index (χ2n) is 9.50. The molecule has 5 rings (SSSR count). The van der Waals surface area contributed by atoms with Crippen LogP contribution < -0.4 is 14.8 Å². The number of aromatic nitrogens is 2. The van der Waals surface area contributed by atoms with Gasteiger partial charge in [0, 0.05) is 24.8 Å². The number of nitrogens with zero attached hydrogens (tertiary/aromatic N) is 3. The number of nitrogens with one attached hydrogen (secondary N) is 1. The quantitative estimate of drug-likeness (QED) is 0.540. The van der Waals surface area contributed by atoms with Crippen LogP contribution in [0.3, 0.4) is 0 Å². The summed E-state index contributed by atoms with van der Waals surface area (Å²) in [7, 11) is 1.81. The molecule has 3 aromatic rings. The monoisotopic (exact) mass is 492 g/mol. The highest BCUT2D eigenvalue weighted by Crippen LogP contribution is 2.33. The van der Waals surface area contributed by atoms with Gasteiger partial charge < -0.3 is 24.1 Å². The fourth-order valence-electron chi connectivity index (χ4n) is 5.06. The Morgan fingerprint density at radius 1 is 1.14 bits per heavy atom. The molecule has 1 aromatic carbocycles. The van der Waals surface area contributed by atoms with Gasteiger partial charge in [-0.2, -0.15) is 5.10 Å². The standard InChI is InChI=1S/C27H32N4O5/c1-18-21(16-30(2)29-18)25(26(32)28-19-9-4-3-5-10-19)31(15-20-11-8-14-34-20)27(33)24-17-35-22-12-6-7-13-23(22)36-24/h6-8,11-14,16,19,24-25H,3-5,9-10,15,17H2,1-2H3,(H,28,32). The van der Waals surface area contributed by atoms with E-state index >= 15 is 0 Å². The van der Waals surface area contributed by atoms with Crippen LogP contribution in [0.15, 0.2) is 53.3 Å². The number of ether oxygens (including phenoxy) is 2. The van der Waals surface area contributed by atoms with E-state index in [1.54, 1.807) is 48.5 Å². The Hall–Kier alpha value is -3.75. The molecule has 2 atom stereocenters. The molecule has 3 heterocycles. The van der Waals surface area contributed by atoms with Crippen LogP contribution in [0.2, 0.25) is 0 Å². The summed E-state index contributed by atoms with van der Waals surface area (Å²) in [6.07, 6.45) is 7.68. The molecule has 9 heteroatoms. The zero-order chi connectivity index (χ0) is 25.1. The van der Waals surface area contributed by atoms with Gasteiger partial charge in [0.25, 0.3) is 5.91 Å². The lowest BCUT2D eigenvalue weighted by Crippen LogP contribution is -2.52. The summed E-state index contributed by atoms with van der Waals surface area (Å²) in [5, 5.41) is 7.68. The predicted molar refractivity (Wildman–Crippen MR) is 131 cm³/mol. The number of benzene rings is 1. The van der Waals surface area contributed by atoms with Crippen molar-refractivity contribution >= 4 is 11.8 Å². The number of hydrogen-bond donors (Lipinski definition) is 1. The second kappa shape index (κ2) is 10.5. The third-order valence-electron chi connectivity index (χ3n) is 6.83. The van der Waals surface area contributed by atoms with Gasteiger partial charge in [-0.3, -0.25) is 14.3 Å². The molecule has 190 valence electrons. The maximum Gasteiger partial charge on any atom is 0.268 e. The molecule has 2 amide bonds. The van der Waals surface area contributed by atoms with Gasteiger partial charge in [0.2, 0.25) is 12.0 Å². The maximum absolute atomic E-state index is 14.0. The van der Waals surface area contributed by atoms with Crippen molar-refractivity contribution in [2.75, 3.05) is 6.61 Å². The summed E-state index contributed by atoms with van der Waals surface area (Å²) in [4.78, 5) is 29.5. The molecule has 1 aliphatic heterocycles. The van der Waals surface area contributed by atoms with Crippen molar-refractivity contribution in [2.24, 2.45) is 7.05 Å². The van der Waals surface area contributed by atoms with Gasteiger partial charge in [0.05, 0.1) is 18.5 Å². The summed E-state index contributed by atoms with van der Waals surface area (Å²) in [5.74, 6) is 1.08. The molecule has 0 radical (unpaired) electrons. The average molecular weight is 493 g/mol. The topological polar surface area (TPSA) is 98.8 Å². The first kappa shape index (κ1) is 24.0. The van der Waals surface area contributed by atoms with Gasteiger partial charge >= 0.3 is 0 Å². The Morgan fingerprint density at radius 2 is 1.92 bits per heavy atom. The Balaban J connectivity index is 1.49. The van der Waals surface area contributed by atoms with Crippen LogP contribution in [-0.2, 0) is 23.2 Å². The zero-order valence-electron chi connectivity index (χ0n) is 20.7. The number of carbonyl (C=O) groups excluding carboxylic acids is 2. The van der Waals surface area contributed by atoms with E-state index in [1.165, 1.54) is 11.3 Å².